The number of benzene rings is 1. The second-order valence-electron chi connectivity index (χ2n) is 5.32. The van der Waals surface area contributed by atoms with Crippen LogP contribution in [0.1, 0.15) is 5.69 Å². The summed E-state index contributed by atoms with van der Waals surface area (Å²) < 4.78 is 32.3. The summed E-state index contributed by atoms with van der Waals surface area (Å²) in [6, 6.07) is 8.13. The summed E-state index contributed by atoms with van der Waals surface area (Å²) in [6.45, 7) is 0.242. The van der Waals surface area contributed by atoms with E-state index in [4.69, 9.17) is 16.3 Å². The van der Waals surface area contributed by atoms with E-state index in [2.05, 4.69) is 14.7 Å². The van der Waals surface area contributed by atoms with Gasteiger partial charge in [-0.25, -0.2) is 18.1 Å². The summed E-state index contributed by atoms with van der Waals surface area (Å²) >= 11 is 7.51. The maximum atomic E-state index is 12.4. The Morgan fingerprint density at radius 2 is 2.00 bits per heavy atom. The zero-order valence-electron chi connectivity index (χ0n) is 13.8. The molecule has 0 spiro atoms. The third-order valence-electron chi connectivity index (χ3n) is 3.59. The first-order valence-electron chi connectivity index (χ1n) is 7.67. The molecule has 0 aliphatic rings. The maximum Gasteiger partial charge on any atom is 0.240 e. The number of nitrogens with zero attached hydrogens (tertiary/aromatic N) is 2. The molecular weight excluding hydrogens is 394 g/mol. The molecule has 0 bridgehead atoms. The predicted molar refractivity (Wildman–Crippen MR) is 102 cm³/mol. The van der Waals surface area contributed by atoms with Crippen LogP contribution in [0, 0.1) is 0 Å². The first kappa shape index (κ1) is 18.8. The molecule has 0 saturated heterocycles. The van der Waals surface area contributed by atoms with E-state index in [0.717, 1.165) is 16.3 Å². The first-order valence-corrected chi connectivity index (χ1v) is 10.4. The molecule has 0 aliphatic heterocycles. The van der Waals surface area contributed by atoms with Crippen LogP contribution < -0.4 is 9.46 Å². The highest BCUT2D eigenvalue weighted by atomic mass is 35.5. The molecule has 6 nitrogen and oxygen atoms in total. The van der Waals surface area contributed by atoms with Crippen molar-refractivity contribution in [3.8, 4) is 16.3 Å². The number of aromatic nitrogens is 2. The van der Waals surface area contributed by atoms with Crippen molar-refractivity contribution < 1.29 is 13.2 Å². The van der Waals surface area contributed by atoms with Crippen molar-refractivity contribution in [2.75, 3.05) is 13.7 Å². The summed E-state index contributed by atoms with van der Waals surface area (Å²) in [7, 11) is -2.17. The van der Waals surface area contributed by atoms with Crippen molar-refractivity contribution in [1.29, 1.82) is 0 Å². The lowest BCUT2D eigenvalue weighted by Crippen LogP contribution is -2.26. The molecular formula is C17H16ClN3O3S2. The van der Waals surface area contributed by atoms with E-state index >= 15 is 0 Å². The van der Waals surface area contributed by atoms with E-state index in [0.29, 0.717) is 12.2 Å². The molecule has 2 heterocycles. The SMILES string of the molecule is COc1ccc(S(=O)(=O)NCCc2csc(-c3ccncc3)n2)cc1Cl. The lowest BCUT2D eigenvalue weighted by atomic mass is 10.3. The second kappa shape index (κ2) is 8.13. The normalized spacial score (nSPS) is 11.5. The fourth-order valence-electron chi connectivity index (χ4n) is 2.26. The number of ether oxygens (including phenoxy) is 1. The number of pyridine rings is 1. The van der Waals surface area contributed by atoms with Crippen LogP contribution in [0.4, 0.5) is 0 Å². The van der Waals surface area contributed by atoms with Gasteiger partial charge in [-0.15, -0.1) is 11.3 Å². The number of hydrogen-bond donors (Lipinski definition) is 1. The summed E-state index contributed by atoms with van der Waals surface area (Å²) in [4.78, 5) is 8.61. The summed E-state index contributed by atoms with van der Waals surface area (Å²) in [5.74, 6) is 0.428. The van der Waals surface area contributed by atoms with Gasteiger partial charge in [-0.05, 0) is 30.3 Å². The number of halogens is 1. The number of hydrogen-bond acceptors (Lipinski definition) is 6. The Morgan fingerprint density at radius 1 is 1.23 bits per heavy atom. The standard InChI is InChI=1S/C17H16ClN3O3S2/c1-24-16-3-2-14(10-15(16)18)26(22,23)20-9-6-13-11-25-17(21-13)12-4-7-19-8-5-12/h2-5,7-8,10-11,20H,6,9H2,1H3. The van der Waals surface area contributed by atoms with Gasteiger partial charge in [-0.2, -0.15) is 0 Å². The van der Waals surface area contributed by atoms with E-state index < -0.39 is 10.0 Å². The molecule has 2 aromatic heterocycles. The average Bonchev–Trinajstić information content (AvgIpc) is 3.11. The van der Waals surface area contributed by atoms with Gasteiger partial charge in [0.2, 0.25) is 10.0 Å². The van der Waals surface area contributed by atoms with Crippen molar-refractivity contribution in [2.24, 2.45) is 0 Å². The number of nitrogens with one attached hydrogen (secondary N) is 1. The minimum absolute atomic E-state index is 0.0963. The molecule has 3 rings (SSSR count). The van der Waals surface area contributed by atoms with E-state index in [-0.39, 0.29) is 16.5 Å². The van der Waals surface area contributed by atoms with Gasteiger partial charge in [0.05, 0.1) is 22.7 Å². The highest BCUT2D eigenvalue weighted by Gasteiger charge is 2.16. The Kier molecular flexibility index (Phi) is 5.87. The third-order valence-corrected chi connectivity index (χ3v) is 6.28. The van der Waals surface area contributed by atoms with E-state index in [1.54, 1.807) is 12.4 Å². The molecule has 0 radical (unpaired) electrons. The lowest BCUT2D eigenvalue weighted by molar-refractivity contribution is 0.414. The molecule has 136 valence electrons. The predicted octanol–water partition coefficient (Wildman–Crippen LogP) is 3.39. The minimum Gasteiger partial charge on any atom is -0.495 e. The van der Waals surface area contributed by atoms with Crippen molar-refractivity contribution >= 4 is 33.0 Å². The molecule has 0 aliphatic carbocycles. The van der Waals surface area contributed by atoms with Crippen molar-refractivity contribution in [1.82, 2.24) is 14.7 Å². The van der Waals surface area contributed by atoms with Crippen molar-refractivity contribution in [3.63, 3.8) is 0 Å². The molecule has 26 heavy (non-hydrogen) atoms. The Hall–Kier alpha value is -2.00. The number of sulfonamides is 1. The van der Waals surface area contributed by atoms with Crippen molar-refractivity contribution in [3.05, 3.63) is 58.8 Å². The zero-order valence-corrected chi connectivity index (χ0v) is 16.2. The van der Waals surface area contributed by atoms with Crippen LogP contribution in [-0.4, -0.2) is 32.0 Å². The zero-order chi connectivity index (χ0) is 18.6. The minimum atomic E-state index is -3.65. The molecule has 0 fully saturated rings. The molecule has 1 N–H and O–H groups in total. The summed E-state index contributed by atoms with van der Waals surface area (Å²) in [6.07, 6.45) is 3.92. The quantitative estimate of drug-likeness (QED) is 0.646. The van der Waals surface area contributed by atoms with Gasteiger partial charge in [0.1, 0.15) is 10.8 Å². The smallest absolute Gasteiger partial charge is 0.240 e. The van der Waals surface area contributed by atoms with Gasteiger partial charge < -0.3 is 4.74 Å². The highest BCUT2D eigenvalue weighted by Crippen LogP contribution is 2.27. The van der Waals surface area contributed by atoms with E-state index in [1.807, 2.05) is 17.5 Å². The second-order valence-corrected chi connectivity index (χ2v) is 8.36. The van der Waals surface area contributed by atoms with Crippen LogP contribution in [0.2, 0.25) is 5.02 Å². The molecule has 0 amide bonds. The molecule has 0 saturated carbocycles. The van der Waals surface area contributed by atoms with Crippen LogP contribution in [0.15, 0.2) is 53.0 Å². The van der Waals surface area contributed by atoms with Gasteiger partial charge in [-0.1, -0.05) is 11.6 Å². The van der Waals surface area contributed by atoms with Gasteiger partial charge in [0, 0.05) is 36.3 Å². The molecule has 0 atom stereocenters. The number of thiazole rings is 1. The Bertz CT molecular complexity index is 991. The first-order chi connectivity index (χ1) is 12.5. The van der Waals surface area contributed by atoms with Crippen LogP contribution in [-0.2, 0) is 16.4 Å². The summed E-state index contributed by atoms with van der Waals surface area (Å²) in [5, 5.41) is 3.05. The highest BCUT2D eigenvalue weighted by molar-refractivity contribution is 7.89. The lowest BCUT2D eigenvalue weighted by Gasteiger charge is -2.08. The van der Waals surface area contributed by atoms with Crippen LogP contribution in [0.5, 0.6) is 5.75 Å². The fraction of sp³-hybridized carbons (Fsp3) is 0.176. The fourth-order valence-corrected chi connectivity index (χ4v) is 4.50. The van der Waals surface area contributed by atoms with Crippen LogP contribution >= 0.6 is 22.9 Å². The van der Waals surface area contributed by atoms with E-state index in [1.165, 1.54) is 36.6 Å². The monoisotopic (exact) mass is 409 g/mol. The maximum absolute atomic E-state index is 12.4. The molecule has 1 aromatic carbocycles. The van der Waals surface area contributed by atoms with Gasteiger partial charge >= 0.3 is 0 Å². The van der Waals surface area contributed by atoms with Gasteiger partial charge in [0.15, 0.2) is 0 Å². The Morgan fingerprint density at radius 3 is 2.69 bits per heavy atom. The van der Waals surface area contributed by atoms with Gasteiger partial charge in [-0.3, -0.25) is 4.98 Å². The number of methoxy groups -OCH3 is 1. The topological polar surface area (TPSA) is 81.2 Å². The van der Waals surface area contributed by atoms with Gasteiger partial charge in [0.25, 0.3) is 0 Å². The molecule has 0 unspecified atom stereocenters. The van der Waals surface area contributed by atoms with Crippen LogP contribution in [0.3, 0.4) is 0 Å². The number of rotatable bonds is 7. The van der Waals surface area contributed by atoms with Crippen LogP contribution in [0.25, 0.3) is 10.6 Å². The average molecular weight is 410 g/mol. The third kappa shape index (κ3) is 4.39. The summed E-state index contributed by atoms with van der Waals surface area (Å²) in [5.41, 5.74) is 1.82. The Balaban J connectivity index is 1.62. The molecule has 3 aromatic rings. The molecule has 9 heteroatoms. The Labute approximate surface area is 160 Å². The van der Waals surface area contributed by atoms with Crippen molar-refractivity contribution in [2.45, 2.75) is 11.3 Å². The largest absolute Gasteiger partial charge is 0.495 e. The van der Waals surface area contributed by atoms with E-state index in [9.17, 15) is 8.42 Å².